The van der Waals surface area contributed by atoms with Crippen molar-refractivity contribution in [3.05, 3.63) is 0 Å². The summed E-state index contributed by atoms with van der Waals surface area (Å²) in [5.41, 5.74) is 0. The van der Waals surface area contributed by atoms with Gasteiger partial charge in [0.25, 0.3) is 0 Å². The summed E-state index contributed by atoms with van der Waals surface area (Å²) >= 11 is 0. The molecule has 0 aromatic carbocycles. The molecule has 0 bridgehead atoms. The SMILES string of the molecule is C[C@@H](O)CN1CCC2CCCC21. The van der Waals surface area contributed by atoms with E-state index in [0.29, 0.717) is 0 Å². The van der Waals surface area contributed by atoms with Gasteiger partial charge in [0.05, 0.1) is 6.10 Å². The minimum absolute atomic E-state index is 0.149. The van der Waals surface area contributed by atoms with Crippen molar-refractivity contribution < 1.29 is 5.11 Å². The van der Waals surface area contributed by atoms with Crippen LogP contribution in [0.2, 0.25) is 0 Å². The molecule has 12 heavy (non-hydrogen) atoms. The molecule has 1 aliphatic carbocycles. The highest BCUT2D eigenvalue weighted by Gasteiger charge is 2.37. The van der Waals surface area contributed by atoms with Crippen molar-refractivity contribution in [3.8, 4) is 0 Å². The normalized spacial score (nSPS) is 38.5. The van der Waals surface area contributed by atoms with Gasteiger partial charge < -0.3 is 5.11 Å². The summed E-state index contributed by atoms with van der Waals surface area (Å²) in [6.07, 6.45) is 5.44. The summed E-state index contributed by atoms with van der Waals surface area (Å²) in [4.78, 5) is 2.49. The van der Waals surface area contributed by atoms with E-state index in [1.165, 1.54) is 32.2 Å². The summed E-state index contributed by atoms with van der Waals surface area (Å²) in [5, 5.41) is 9.29. The first-order chi connectivity index (χ1) is 5.77. The predicted molar refractivity (Wildman–Crippen MR) is 49.0 cm³/mol. The number of rotatable bonds is 2. The van der Waals surface area contributed by atoms with Gasteiger partial charge in [-0.2, -0.15) is 0 Å². The van der Waals surface area contributed by atoms with Crippen molar-refractivity contribution in [2.45, 2.75) is 44.8 Å². The Morgan fingerprint density at radius 2 is 2.25 bits per heavy atom. The Morgan fingerprint density at radius 3 is 3.00 bits per heavy atom. The molecule has 1 saturated heterocycles. The summed E-state index contributed by atoms with van der Waals surface area (Å²) < 4.78 is 0. The highest BCUT2D eigenvalue weighted by atomic mass is 16.3. The topological polar surface area (TPSA) is 23.5 Å². The maximum atomic E-state index is 9.29. The lowest BCUT2D eigenvalue weighted by Crippen LogP contribution is -2.35. The highest BCUT2D eigenvalue weighted by Crippen LogP contribution is 2.37. The average Bonchev–Trinajstić information content (AvgIpc) is 2.52. The van der Waals surface area contributed by atoms with E-state index in [4.69, 9.17) is 0 Å². The Hall–Kier alpha value is -0.0800. The van der Waals surface area contributed by atoms with E-state index in [9.17, 15) is 5.11 Å². The Bertz CT molecular complexity index is 158. The number of nitrogens with zero attached hydrogens (tertiary/aromatic N) is 1. The largest absolute Gasteiger partial charge is 0.392 e. The van der Waals surface area contributed by atoms with E-state index >= 15 is 0 Å². The second kappa shape index (κ2) is 3.35. The molecule has 1 aliphatic heterocycles. The molecular formula is C10H19NO. The fourth-order valence-electron chi connectivity index (χ4n) is 2.90. The number of aliphatic hydroxyl groups is 1. The first-order valence-electron chi connectivity index (χ1n) is 5.19. The van der Waals surface area contributed by atoms with Gasteiger partial charge in [-0.1, -0.05) is 6.42 Å². The molecular weight excluding hydrogens is 150 g/mol. The van der Waals surface area contributed by atoms with E-state index in [1.807, 2.05) is 6.92 Å². The molecule has 2 nitrogen and oxygen atoms in total. The molecule has 70 valence electrons. The van der Waals surface area contributed by atoms with E-state index in [-0.39, 0.29) is 6.10 Å². The van der Waals surface area contributed by atoms with Crippen LogP contribution in [0.4, 0.5) is 0 Å². The van der Waals surface area contributed by atoms with E-state index in [0.717, 1.165) is 18.5 Å². The van der Waals surface area contributed by atoms with Gasteiger partial charge in [-0.3, -0.25) is 4.90 Å². The van der Waals surface area contributed by atoms with Crippen LogP contribution in [0.15, 0.2) is 0 Å². The zero-order chi connectivity index (χ0) is 8.55. The van der Waals surface area contributed by atoms with Gasteiger partial charge >= 0.3 is 0 Å². The highest BCUT2D eigenvalue weighted by molar-refractivity contribution is 4.91. The summed E-state index contributed by atoms with van der Waals surface area (Å²) in [7, 11) is 0. The molecule has 0 aromatic rings. The Balaban J connectivity index is 1.91. The average molecular weight is 169 g/mol. The molecule has 0 spiro atoms. The smallest absolute Gasteiger partial charge is 0.0639 e. The molecule has 2 unspecified atom stereocenters. The van der Waals surface area contributed by atoms with Crippen LogP contribution in [0.1, 0.15) is 32.6 Å². The van der Waals surface area contributed by atoms with E-state index in [2.05, 4.69) is 4.90 Å². The van der Waals surface area contributed by atoms with Gasteiger partial charge in [0, 0.05) is 12.6 Å². The number of hydrogen-bond acceptors (Lipinski definition) is 2. The van der Waals surface area contributed by atoms with Crippen molar-refractivity contribution in [1.29, 1.82) is 0 Å². The van der Waals surface area contributed by atoms with Crippen LogP contribution in [0.3, 0.4) is 0 Å². The van der Waals surface area contributed by atoms with Crippen LogP contribution in [0.5, 0.6) is 0 Å². The number of likely N-dealkylation sites (tertiary alicyclic amines) is 1. The van der Waals surface area contributed by atoms with Crippen LogP contribution < -0.4 is 0 Å². The summed E-state index contributed by atoms with van der Waals surface area (Å²) in [6.45, 7) is 4.00. The van der Waals surface area contributed by atoms with Gasteiger partial charge in [0.1, 0.15) is 0 Å². The number of aliphatic hydroxyl groups excluding tert-OH is 1. The Kier molecular flexibility index (Phi) is 2.37. The maximum Gasteiger partial charge on any atom is 0.0639 e. The van der Waals surface area contributed by atoms with Gasteiger partial charge in [-0.25, -0.2) is 0 Å². The van der Waals surface area contributed by atoms with Crippen molar-refractivity contribution in [1.82, 2.24) is 4.90 Å². The molecule has 1 N–H and O–H groups in total. The summed E-state index contributed by atoms with van der Waals surface area (Å²) in [5.74, 6) is 0.962. The molecule has 2 fully saturated rings. The second-order valence-corrected chi connectivity index (χ2v) is 4.39. The summed E-state index contributed by atoms with van der Waals surface area (Å²) in [6, 6.07) is 0.819. The first kappa shape index (κ1) is 8.52. The molecule has 2 aliphatic rings. The van der Waals surface area contributed by atoms with Gasteiger partial charge in [0.2, 0.25) is 0 Å². The first-order valence-corrected chi connectivity index (χ1v) is 5.19. The lowest BCUT2D eigenvalue weighted by atomic mass is 10.0. The zero-order valence-corrected chi connectivity index (χ0v) is 7.87. The molecule has 0 aromatic heterocycles. The molecule has 2 rings (SSSR count). The molecule has 2 heteroatoms. The van der Waals surface area contributed by atoms with Crippen LogP contribution >= 0.6 is 0 Å². The van der Waals surface area contributed by atoms with Crippen molar-refractivity contribution in [2.24, 2.45) is 5.92 Å². The van der Waals surface area contributed by atoms with Crippen molar-refractivity contribution >= 4 is 0 Å². The minimum Gasteiger partial charge on any atom is -0.392 e. The Labute approximate surface area is 74.6 Å². The second-order valence-electron chi connectivity index (χ2n) is 4.39. The maximum absolute atomic E-state index is 9.29. The molecule has 1 saturated carbocycles. The molecule has 0 amide bonds. The zero-order valence-electron chi connectivity index (χ0n) is 7.87. The Morgan fingerprint density at radius 1 is 1.42 bits per heavy atom. The monoisotopic (exact) mass is 169 g/mol. The third kappa shape index (κ3) is 1.50. The van der Waals surface area contributed by atoms with Crippen LogP contribution in [-0.4, -0.2) is 35.2 Å². The van der Waals surface area contributed by atoms with Crippen molar-refractivity contribution in [2.75, 3.05) is 13.1 Å². The van der Waals surface area contributed by atoms with Gasteiger partial charge in [-0.05, 0) is 38.6 Å². The van der Waals surface area contributed by atoms with E-state index in [1.54, 1.807) is 0 Å². The lowest BCUT2D eigenvalue weighted by Gasteiger charge is -2.24. The standard InChI is InChI=1S/C10H19NO/c1-8(12)7-11-6-5-9-3-2-4-10(9)11/h8-10,12H,2-7H2,1H3/t8-,9?,10?/m1/s1. The third-order valence-corrected chi connectivity index (χ3v) is 3.37. The number of hydrogen-bond donors (Lipinski definition) is 1. The fraction of sp³-hybridized carbons (Fsp3) is 1.00. The quantitative estimate of drug-likeness (QED) is 0.672. The van der Waals surface area contributed by atoms with Gasteiger partial charge in [0.15, 0.2) is 0 Å². The van der Waals surface area contributed by atoms with Crippen LogP contribution in [0.25, 0.3) is 0 Å². The number of fused-ring (bicyclic) bond motifs is 1. The lowest BCUT2D eigenvalue weighted by molar-refractivity contribution is 0.116. The molecule has 3 atom stereocenters. The van der Waals surface area contributed by atoms with Crippen LogP contribution in [0, 0.1) is 5.92 Å². The van der Waals surface area contributed by atoms with E-state index < -0.39 is 0 Å². The molecule has 1 heterocycles. The van der Waals surface area contributed by atoms with Crippen LogP contribution in [-0.2, 0) is 0 Å². The van der Waals surface area contributed by atoms with Gasteiger partial charge in [-0.15, -0.1) is 0 Å². The fourth-order valence-corrected chi connectivity index (χ4v) is 2.90. The minimum atomic E-state index is -0.149. The predicted octanol–water partition coefficient (Wildman–Crippen LogP) is 1.24. The third-order valence-electron chi connectivity index (χ3n) is 3.37. The van der Waals surface area contributed by atoms with Crippen molar-refractivity contribution in [3.63, 3.8) is 0 Å². The number of β-amino-alcohol motifs (C(OH)–C–C–N with tert-alkyl or cyclic N) is 1. The molecule has 0 radical (unpaired) electrons.